The van der Waals surface area contributed by atoms with Gasteiger partial charge in [-0.05, 0) is 49.1 Å². The first-order chi connectivity index (χ1) is 20.7. The summed E-state index contributed by atoms with van der Waals surface area (Å²) in [6.07, 6.45) is 8.79. The summed E-state index contributed by atoms with van der Waals surface area (Å²) in [4.78, 5) is 45.9. The minimum absolute atomic E-state index is 0. The Balaban J connectivity index is 0.00000675. The summed E-state index contributed by atoms with van der Waals surface area (Å²) in [5.41, 5.74) is 7.28. The van der Waals surface area contributed by atoms with Crippen molar-refractivity contribution in [1.29, 1.82) is 0 Å². The first-order valence-corrected chi connectivity index (χ1v) is 15.7. The van der Waals surface area contributed by atoms with Crippen molar-refractivity contribution in [3.8, 4) is 0 Å². The maximum absolute atomic E-state index is 13.9. The van der Waals surface area contributed by atoms with E-state index in [0.29, 0.717) is 36.9 Å². The maximum atomic E-state index is 13.9. The second-order valence-corrected chi connectivity index (χ2v) is 12.3. The van der Waals surface area contributed by atoms with E-state index in [4.69, 9.17) is 5.73 Å². The minimum Gasteiger partial charge on any atom is -0.465 e. The van der Waals surface area contributed by atoms with Crippen molar-refractivity contribution in [2.45, 2.75) is 102 Å². The van der Waals surface area contributed by atoms with E-state index >= 15 is 0 Å². The normalized spacial score (nSPS) is 17.0. The number of aliphatic hydroxyl groups excluding tert-OH is 1. The van der Waals surface area contributed by atoms with E-state index < -0.39 is 42.1 Å². The van der Waals surface area contributed by atoms with Crippen LogP contribution < -0.4 is 21.7 Å². The van der Waals surface area contributed by atoms with Crippen LogP contribution in [-0.2, 0) is 22.4 Å². The Kier molecular flexibility index (Phi) is 16.2. The van der Waals surface area contributed by atoms with Crippen molar-refractivity contribution < 1.29 is 24.6 Å². The van der Waals surface area contributed by atoms with Gasteiger partial charge < -0.3 is 36.9 Å². The number of H-pyrrole nitrogens is 1. The van der Waals surface area contributed by atoms with Gasteiger partial charge in [-0.2, -0.15) is 0 Å². The minimum atomic E-state index is -1.33. The highest BCUT2D eigenvalue weighted by Gasteiger charge is 2.33. The molecule has 1 aliphatic carbocycles. The lowest BCUT2D eigenvalue weighted by Gasteiger charge is -2.33. The molecule has 3 amide bonds. The lowest BCUT2D eigenvalue weighted by molar-refractivity contribution is -0.131. The molecule has 8 N–H and O–H groups in total. The number of aromatic amines is 1. The third kappa shape index (κ3) is 12.5. The smallest absolute Gasteiger partial charge is 0.405 e. The molecule has 1 heterocycles. The first kappa shape index (κ1) is 37.0. The Morgan fingerprint density at radius 1 is 1.00 bits per heavy atom. The molecule has 0 bridgehead atoms. The predicted octanol–water partition coefficient (Wildman–Crippen LogP) is 3.56. The van der Waals surface area contributed by atoms with Crippen molar-refractivity contribution in [2.75, 3.05) is 6.54 Å². The fourth-order valence-electron chi connectivity index (χ4n) is 6.10. The number of amides is 3. The van der Waals surface area contributed by atoms with Crippen molar-refractivity contribution >= 4 is 30.3 Å². The molecule has 0 aliphatic heterocycles. The molecule has 12 heteroatoms. The molecular weight excluding hydrogens is 584 g/mol. The van der Waals surface area contributed by atoms with Gasteiger partial charge in [0.05, 0.1) is 18.5 Å². The largest absolute Gasteiger partial charge is 0.465 e. The highest BCUT2D eigenvalue weighted by atomic mass is 35.5. The van der Waals surface area contributed by atoms with Gasteiger partial charge >= 0.3 is 6.09 Å². The molecule has 0 unspecified atom stereocenters. The van der Waals surface area contributed by atoms with Gasteiger partial charge in [-0.3, -0.25) is 9.59 Å². The van der Waals surface area contributed by atoms with E-state index in [1.165, 1.54) is 12.7 Å². The Labute approximate surface area is 267 Å². The molecule has 1 saturated carbocycles. The number of carboxylic acid groups (broad SMARTS) is 1. The van der Waals surface area contributed by atoms with E-state index in [1.807, 2.05) is 30.3 Å². The van der Waals surface area contributed by atoms with E-state index in [0.717, 1.165) is 37.7 Å². The van der Waals surface area contributed by atoms with Crippen molar-refractivity contribution in [3.05, 3.63) is 54.1 Å². The summed E-state index contributed by atoms with van der Waals surface area (Å²) in [5, 5.41) is 29.1. The molecule has 1 aromatic carbocycles. The molecule has 3 rings (SSSR count). The number of nitrogens with two attached hydrogens (primary N) is 1. The van der Waals surface area contributed by atoms with Gasteiger partial charge in [-0.15, -0.1) is 12.4 Å². The highest BCUT2D eigenvalue weighted by molar-refractivity contribution is 5.91. The summed E-state index contributed by atoms with van der Waals surface area (Å²) in [7, 11) is 0. The maximum Gasteiger partial charge on any atom is 0.405 e. The van der Waals surface area contributed by atoms with Crippen LogP contribution in [0.5, 0.6) is 0 Å². The average Bonchev–Trinajstić information content (AvgIpc) is 3.50. The molecule has 1 aliphatic rings. The van der Waals surface area contributed by atoms with E-state index in [2.05, 4.69) is 39.8 Å². The second kappa shape index (κ2) is 19.3. The van der Waals surface area contributed by atoms with Gasteiger partial charge in [0.25, 0.3) is 0 Å². The summed E-state index contributed by atoms with van der Waals surface area (Å²) in [6.45, 7) is 4.77. The molecular formula is C32H51ClN6O5. The Morgan fingerprint density at radius 2 is 1.66 bits per heavy atom. The van der Waals surface area contributed by atoms with Crippen LogP contribution in [0.2, 0.25) is 0 Å². The van der Waals surface area contributed by atoms with E-state index in [9.17, 15) is 24.6 Å². The third-order valence-corrected chi connectivity index (χ3v) is 8.64. The van der Waals surface area contributed by atoms with Gasteiger partial charge in [0.2, 0.25) is 11.8 Å². The van der Waals surface area contributed by atoms with E-state index in [1.54, 1.807) is 6.20 Å². The number of nitrogens with one attached hydrogen (secondary N) is 4. The van der Waals surface area contributed by atoms with Crippen LogP contribution >= 0.6 is 12.4 Å². The Bertz CT molecular complexity index is 1110. The second-order valence-electron chi connectivity index (χ2n) is 12.3. The molecule has 2 aromatic rings. The number of imidazole rings is 1. The summed E-state index contributed by atoms with van der Waals surface area (Å²) in [5.74, 6) is -0.0990. The molecule has 0 saturated heterocycles. The summed E-state index contributed by atoms with van der Waals surface area (Å²) < 4.78 is 0. The van der Waals surface area contributed by atoms with Crippen LogP contribution in [0.3, 0.4) is 0 Å². The fourth-order valence-corrected chi connectivity index (χ4v) is 6.10. The molecule has 1 fully saturated rings. The topological polar surface area (TPSA) is 182 Å². The Morgan fingerprint density at radius 3 is 2.25 bits per heavy atom. The third-order valence-electron chi connectivity index (χ3n) is 8.64. The molecule has 0 radical (unpaired) electrons. The van der Waals surface area contributed by atoms with Crippen LogP contribution in [-0.4, -0.2) is 68.9 Å². The van der Waals surface area contributed by atoms with Crippen molar-refractivity contribution in [3.63, 3.8) is 0 Å². The standard InChI is InChI=1S/C32H50N6O5.ClH/c1-21(2)24(13-14-33)17-29(39)26(15-22-9-5-3-6-10-22)36-31(41)28(18-25-19-34-20-35-25)37-30(40)27(38-32(42)43)16-23-11-7-4-8-12-23;/h4,7-8,11-12,19-22,24,26-29,38-39H,3,5-6,9-10,13-18,33H2,1-2H3,(H,34,35)(H,36,41)(H,37,40)(H,42,43);1H/t24-,26-,27-,28-,29-;/m0./s1. The highest BCUT2D eigenvalue weighted by Crippen LogP contribution is 2.30. The van der Waals surface area contributed by atoms with E-state index in [-0.39, 0.29) is 31.2 Å². The zero-order valence-corrected chi connectivity index (χ0v) is 26.7. The van der Waals surface area contributed by atoms with Crippen molar-refractivity contribution in [1.82, 2.24) is 25.9 Å². The number of rotatable bonds is 17. The van der Waals surface area contributed by atoms with Crippen molar-refractivity contribution in [2.24, 2.45) is 23.5 Å². The zero-order chi connectivity index (χ0) is 31.2. The molecule has 246 valence electrons. The number of nitrogens with zero attached hydrogens (tertiary/aromatic N) is 1. The first-order valence-electron chi connectivity index (χ1n) is 15.7. The number of carbonyl (C=O) groups is 3. The van der Waals surface area contributed by atoms with Crippen LogP contribution in [0.1, 0.15) is 76.5 Å². The number of hydrogen-bond donors (Lipinski definition) is 7. The van der Waals surface area contributed by atoms with Crippen LogP contribution in [0.15, 0.2) is 42.9 Å². The van der Waals surface area contributed by atoms with Crippen LogP contribution in [0, 0.1) is 17.8 Å². The van der Waals surface area contributed by atoms with Gasteiger partial charge in [0, 0.05) is 24.7 Å². The summed E-state index contributed by atoms with van der Waals surface area (Å²) in [6, 6.07) is 6.47. The Hall–Kier alpha value is -3.15. The van der Waals surface area contributed by atoms with Gasteiger partial charge in [0.15, 0.2) is 0 Å². The molecule has 11 nitrogen and oxygen atoms in total. The van der Waals surface area contributed by atoms with Crippen LogP contribution in [0.25, 0.3) is 0 Å². The molecule has 44 heavy (non-hydrogen) atoms. The predicted molar refractivity (Wildman–Crippen MR) is 172 cm³/mol. The van der Waals surface area contributed by atoms with Gasteiger partial charge in [-0.25, -0.2) is 9.78 Å². The average molecular weight is 635 g/mol. The molecule has 0 spiro atoms. The number of hydrogen-bond acceptors (Lipinski definition) is 6. The fraction of sp³-hybridized carbons (Fsp3) is 0.625. The summed E-state index contributed by atoms with van der Waals surface area (Å²) >= 11 is 0. The number of benzene rings is 1. The molecule has 5 atom stereocenters. The zero-order valence-electron chi connectivity index (χ0n) is 25.9. The number of carbonyl (C=O) groups excluding carboxylic acids is 2. The lowest BCUT2D eigenvalue weighted by Crippen LogP contribution is -2.57. The lowest BCUT2D eigenvalue weighted by atomic mass is 9.80. The SMILES string of the molecule is CC(C)[C@@H](CCN)C[C@H](O)[C@H](CC1CCCCC1)NC(=O)[C@H](Cc1cnc[nH]1)NC(=O)[C@H](Cc1ccccc1)NC(=O)O.Cl. The van der Waals surface area contributed by atoms with Gasteiger partial charge in [-0.1, -0.05) is 76.3 Å². The monoisotopic (exact) mass is 634 g/mol. The quantitative estimate of drug-likeness (QED) is 0.139. The van der Waals surface area contributed by atoms with Gasteiger partial charge in [0.1, 0.15) is 12.1 Å². The number of aliphatic hydroxyl groups is 1. The molecule has 1 aromatic heterocycles. The van der Waals surface area contributed by atoms with Crippen LogP contribution in [0.4, 0.5) is 4.79 Å². The number of halogens is 1. The number of aromatic nitrogens is 2.